The molecule has 1 aromatic rings. The summed E-state index contributed by atoms with van der Waals surface area (Å²) in [5.41, 5.74) is 0. The Balaban J connectivity index is 2.33. The molecular weight excluding hydrogens is 298 g/mol. The predicted molar refractivity (Wildman–Crippen MR) is 73.7 cm³/mol. The van der Waals surface area contributed by atoms with Crippen LogP contribution in [0.2, 0.25) is 0 Å². The van der Waals surface area contributed by atoms with Crippen LogP contribution < -0.4 is 10.1 Å². The van der Waals surface area contributed by atoms with Gasteiger partial charge in [-0.05, 0) is 37.6 Å². The maximum Gasteiger partial charge on any atom is 0.260 e. The molecule has 18 heavy (non-hydrogen) atoms. The zero-order chi connectivity index (χ0) is 13.4. The third-order valence-electron chi connectivity index (χ3n) is 2.32. The molecule has 0 aliphatic carbocycles. The first kappa shape index (κ1) is 15.0. The number of hydrogen-bond donors (Lipinski definition) is 1. The van der Waals surface area contributed by atoms with Crippen LogP contribution in [0.4, 0.5) is 0 Å². The minimum Gasteiger partial charge on any atom is -0.481 e. The minimum absolute atomic E-state index is 0.117. The molecule has 1 atom stereocenters. The zero-order valence-corrected chi connectivity index (χ0v) is 12.2. The molecule has 0 fully saturated rings. The number of methoxy groups -OCH3 is 1. The SMILES string of the molecule is COCCCNC(=O)C(C)Oc1ccc(Br)cc1. The van der Waals surface area contributed by atoms with Crippen molar-refractivity contribution in [3.63, 3.8) is 0 Å². The Morgan fingerprint density at radius 3 is 2.67 bits per heavy atom. The molecule has 0 heterocycles. The number of carbonyl (C=O) groups excluding carboxylic acids is 1. The van der Waals surface area contributed by atoms with Gasteiger partial charge < -0.3 is 14.8 Å². The standard InChI is InChI=1S/C13H18BrNO3/c1-10(13(16)15-8-3-9-17-2)18-12-6-4-11(14)5-7-12/h4-7,10H,3,8-9H2,1-2H3,(H,15,16). The second-order valence-electron chi connectivity index (χ2n) is 3.85. The molecular formula is C13H18BrNO3. The third kappa shape index (κ3) is 5.51. The fourth-order valence-corrected chi connectivity index (χ4v) is 1.61. The molecule has 0 radical (unpaired) electrons. The first-order chi connectivity index (χ1) is 8.63. The van der Waals surface area contributed by atoms with E-state index in [0.29, 0.717) is 18.9 Å². The fourth-order valence-electron chi connectivity index (χ4n) is 1.34. The molecule has 0 aromatic heterocycles. The van der Waals surface area contributed by atoms with Crippen molar-refractivity contribution in [1.82, 2.24) is 5.32 Å². The highest BCUT2D eigenvalue weighted by atomic mass is 79.9. The molecule has 0 saturated carbocycles. The van der Waals surface area contributed by atoms with Crippen molar-refractivity contribution in [2.45, 2.75) is 19.4 Å². The van der Waals surface area contributed by atoms with E-state index in [4.69, 9.17) is 9.47 Å². The van der Waals surface area contributed by atoms with Crippen molar-refractivity contribution >= 4 is 21.8 Å². The second-order valence-corrected chi connectivity index (χ2v) is 4.77. The van der Waals surface area contributed by atoms with Gasteiger partial charge in [-0.1, -0.05) is 15.9 Å². The Bertz CT molecular complexity index is 367. The highest BCUT2D eigenvalue weighted by molar-refractivity contribution is 9.10. The summed E-state index contributed by atoms with van der Waals surface area (Å²) in [6.45, 7) is 2.97. The molecule has 1 amide bonds. The van der Waals surface area contributed by atoms with Gasteiger partial charge in [0.2, 0.25) is 0 Å². The van der Waals surface area contributed by atoms with Gasteiger partial charge in [-0.2, -0.15) is 0 Å². The van der Waals surface area contributed by atoms with Gasteiger partial charge in [0.15, 0.2) is 6.10 Å². The molecule has 0 saturated heterocycles. The summed E-state index contributed by atoms with van der Waals surface area (Å²) in [7, 11) is 1.64. The highest BCUT2D eigenvalue weighted by Gasteiger charge is 2.13. The number of ether oxygens (including phenoxy) is 2. The van der Waals surface area contributed by atoms with Crippen molar-refractivity contribution in [2.24, 2.45) is 0 Å². The number of benzene rings is 1. The molecule has 0 aliphatic heterocycles. The Kier molecular flexibility index (Phi) is 6.75. The summed E-state index contributed by atoms with van der Waals surface area (Å²) in [6, 6.07) is 7.38. The smallest absolute Gasteiger partial charge is 0.260 e. The molecule has 1 aromatic carbocycles. The topological polar surface area (TPSA) is 47.6 Å². The van der Waals surface area contributed by atoms with Crippen molar-refractivity contribution in [3.05, 3.63) is 28.7 Å². The van der Waals surface area contributed by atoms with Crippen molar-refractivity contribution in [2.75, 3.05) is 20.3 Å². The van der Waals surface area contributed by atoms with Crippen LogP contribution in [-0.2, 0) is 9.53 Å². The maximum atomic E-state index is 11.7. The van der Waals surface area contributed by atoms with Gasteiger partial charge in [0, 0.05) is 24.7 Å². The van der Waals surface area contributed by atoms with Gasteiger partial charge in [-0.25, -0.2) is 0 Å². The van der Waals surface area contributed by atoms with E-state index in [2.05, 4.69) is 21.2 Å². The molecule has 0 bridgehead atoms. The zero-order valence-electron chi connectivity index (χ0n) is 10.6. The lowest BCUT2D eigenvalue weighted by molar-refractivity contribution is -0.127. The van der Waals surface area contributed by atoms with E-state index in [9.17, 15) is 4.79 Å². The summed E-state index contributed by atoms with van der Waals surface area (Å²) in [5, 5.41) is 2.80. The Hall–Kier alpha value is -1.07. The third-order valence-corrected chi connectivity index (χ3v) is 2.85. The summed E-state index contributed by atoms with van der Waals surface area (Å²) < 4.78 is 11.4. The predicted octanol–water partition coefficient (Wildman–Crippen LogP) is 2.37. The van der Waals surface area contributed by atoms with Crippen LogP contribution >= 0.6 is 15.9 Å². The summed E-state index contributed by atoms with van der Waals surface area (Å²) in [6.07, 6.45) is 0.293. The van der Waals surface area contributed by atoms with Gasteiger partial charge in [0.25, 0.3) is 5.91 Å². The van der Waals surface area contributed by atoms with Crippen LogP contribution in [0.5, 0.6) is 5.75 Å². The van der Waals surface area contributed by atoms with E-state index < -0.39 is 6.10 Å². The van der Waals surface area contributed by atoms with Gasteiger partial charge in [0.1, 0.15) is 5.75 Å². The molecule has 1 N–H and O–H groups in total. The second kappa shape index (κ2) is 8.11. The van der Waals surface area contributed by atoms with Gasteiger partial charge in [0.05, 0.1) is 0 Å². The van der Waals surface area contributed by atoms with E-state index in [1.54, 1.807) is 14.0 Å². The van der Waals surface area contributed by atoms with E-state index >= 15 is 0 Å². The van der Waals surface area contributed by atoms with Crippen molar-refractivity contribution in [3.8, 4) is 5.75 Å². The van der Waals surface area contributed by atoms with Crippen LogP contribution in [0.1, 0.15) is 13.3 Å². The normalized spacial score (nSPS) is 11.9. The van der Waals surface area contributed by atoms with Crippen LogP contribution in [0, 0.1) is 0 Å². The van der Waals surface area contributed by atoms with Crippen LogP contribution in [0.25, 0.3) is 0 Å². The highest BCUT2D eigenvalue weighted by Crippen LogP contribution is 2.17. The first-order valence-electron chi connectivity index (χ1n) is 5.82. The average molecular weight is 316 g/mol. The van der Waals surface area contributed by atoms with E-state index in [1.165, 1.54) is 0 Å². The monoisotopic (exact) mass is 315 g/mol. The van der Waals surface area contributed by atoms with Crippen LogP contribution in [0.15, 0.2) is 28.7 Å². The summed E-state index contributed by atoms with van der Waals surface area (Å²) in [5.74, 6) is 0.562. The number of rotatable bonds is 7. The first-order valence-corrected chi connectivity index (χ1v) is 6.61. The van der Waals surface area contributed by atoms with Gasteiger partial charge >= 0.3 is 0 Å². The number of hydrogen-bond acceptors (Lipinski definition) is 3. The number of carbonyl (C=O) groups is 1. The molecule has 4 nitrogen and oxygen atoms in total. The van der Waals surface area contributed by atoms with Crippen molar-refractivity contribution in [1.29, 1.82) is 0 Å². The number of halogens is 1. The molecule has 5 heteroatoms. The quantitative estimate of drug-likeness (QED) is 0.786. The average Bonchev–Trinajstić information content (AvgIpc) is 2.37. The van der Waals surface area contributed by atoms with Crippen LogP contribution in [0.3, 0.4) is 0 Å². The lowest BCUT2D eigenvalue weighted by Crippen LogP contribution is -2.37. The molecule has 0 aliphatic rings. The maximum absolute atomic E-state index is 11.7. The van der Waals surface area contributed by atoms with E-state index in [1.807, 2.05) is 24.3 Å². The number of nitrogens with one attached hydrogen (secondary N) is 1. The largest absolute Gasteiger partial charge is 0.481 e. The lowest BCUT2D eigenvalue weighted by Gasteiger charge is -2.14. The number of amides is 1. The lowest BCUT2D eigenvalue weighted by atomic mass is 10.3. The Morgan fingerprint density at radius 2 is 2.06 bits per heavy atom. The van der Waals surface area contributed by atoms with E-state index in [-0.39, 0.29) is 5.91 Å². The van der Waals surface area contributed by atoms with Crippen LogP contribution in [-0.4, -0.2) is 32.3 Å². The van der Waals surface area contributed by atoms with Gasteiger partial charge in [-0.15, -0.1) is 0 Å². The molecule has 0 spiro atoms. The Morgan fingerprint density at radius 1 is 1.39 bits per heavy atom. The molecule has 100 valence electrons. The minimum atomic E-state index is -0.506. The molecule has 1 unspecified atom stereocenters. The Labute approximate surface area is 116 Å². The summed E-state index contributed by atoms with van der Waals surface area (Å²) >= 11 is 3.34. The summed E-state index contributed by atoms with van der Waals surface area (Å²) in [4.78, 5) is 11.7. The van der Waals surface area contributed by atoms with Gasteiger partial charge in [-0.3, -0.25) is 4.79 Å². The molecule has 1 rings (SSSR count). The fraction of sp³-hybridized carbons (Fsp3) is 0.462. The van der Waals surface area contributed by atoms with Crippen molar-refractivity contribution < 1.29 is 14.3 Å². The van der Waals surface area contributed by atoms with E-state index in [0.717, 1.165) is 10.9 Å².